The van der Waals surface area contributed by atoms with Gasteiger partial charge in [0, 0.05) is 17.1 Å². The summed E-state index contributed by atoms with van der Waals surface area (Å²) in [6.07, 6.45) is 1.70. The van der Waals surface area contributed by atoms with Crippen molar-refractivity contribution < 1.29 is 18.7 Å². The maximum Gasteiger partial charge on any atom is 0.354 e. The van der Waals surface area contributed by atoms with Crippen LogP contribution >= 0.6 is 11.3 Å². The first-order chi connectivity index (χ1) is 12.0. The van der Waals surface area contributed by atoms with Gasteiger partial charge in [-0.15, -0.1) is 11.3 Å². The lowest BCUT2D eigenvalue weighted by atomic mass is 10.1. The monoisotopic (exact) mass is 359 g/mol. The zero-order chi connectivity index (χ0) is 17.8. The molecule has 2 heterocycles. The van der Waals surface area contributed by atoms with Crippen LogP contribution in [0.25, 0.3) is 11.3 Å². The van der Waals surface area contributed by atoms with Crippen LogP contribution in [-0.2, 0) is 16.0 Å². The standard InChI is InChI=1S/C17H14FN3O3S/c1-24-16(23)13-7-11(8-19-13)14-9-25-17(20-14)21-15(22)6-10-3-2-4-12(18)5-10/h2-5,7-9,19H,6H2,1H3,(H,20,21,22). The van der Waals surface area contributed by atoms with Gasteiger partial charge in [-0.1, -0.05) is 12.1 Å². The van der Waals surface area contributed by atoms with Gasteiger partial charge in [-0.05, 0) is 23.8 Å². The van der Waals surface area contributed by atoms with Crippen LogP contribution in [0.5, 0.6) is 0 Å². The molecule has 8 heteroatoms. The number of aromatic amines is 1. The maximum atomic E-state index is 13.1. The Morgan fingerprint density at radius 2 is 2.20 bits per heavy atom. The minimum atomic E-state index is -0.468. The van der Waals surface area contributed by atoms with Crippen molar-refractivity contribution in [2.24, 2.45) is 0 Å². The Balaban J connectivity index is 1.66. The molecular formula is C17H14FN3O3S. The predicted octanol–water partition coefficient (Wildman–Crippen LogP) is 3.25. The third kappa shape index (κ3) is 4.10. The lowest BCUT2D eigenvalue weighted by Gasteiger charge is -2.02. The molecule has 0 saturated heterocycles. The number of hydrogen-bond donors (Lipinski definition) is 2. The van der Waals surface area contributed by atoms with E-state index in [9.17, 15) is 14.0 Å². The molecule has 0 unspecified atom stereocenters. The smallest absolute Gasteiger partial charge is 0.354 e. The summed E-state index contributed by atoms with van der Waals surface area (Å²) in [6.45, 7) is 0. The Kier molecular flexibility index (Phi) is 4.90. The van der Waals surface area contributed by atoms with E-state index in [1.54, 1.807) is 29.8 Å². The van der Waals surface area contributed by atoms with Gasteiger partial charge >= 0.3 is 5.97 Å². The number of halogens is 1. The number of amides is 1. The fourth-order valence-corrected chi connectivity index (χ4v) is 2.97. The molecular weight excluding hydrogens is 345 g/mol. The van der Waals surface area contributed by atoms with Crippen molar-refractivity contribution in [2.75, 3.05) is 12.4 Å². The Labute approximate surface area is 146 Å². The number of esters is 1. The number of aromatic nitrogens is 2. The van der Waals surface area contributed by atoms with Gasteiger partial charge in [0.05, 0.1) is 19.2 Å². The highest BCUT2D eigenvalue weighted by molar-refractivity contribution is 7.14. The van der Waals surface area contributed by atoms with Crippen LogP contribution in [-0.4, -0.2) is 29.0 Å². The average molecular weight is 359 g/mol. The second kappa shape index (κ2) is 7.27. The minimum Gasteiger partial charge on any atom is -0.464 e. The minimum absolute atomic E-state index is 0.0588. The van der Waals surface area contributed by atoms with Crippen LogP contribution in [0.15, 0.2) is 41.9 Å². The quantitative estimate of drug-likeness (QED) is 0.685. The van der Waals surface area contributed by atoms with Gasteiger partial charge in [0.1, 0.15) is 11.5 Å². The Morgan fingerprint density at radius 3 is 2.96 bits per heavy atom. The van der Waals surface area contributed by atoms with Gasteiger partial charge in [0.15, 0.2) is 5.13 Å². The second-order valence-corrected chi connectivity index (χ2v) is 6.04. The number of nitrogens with zero attached hydrogens (tertiary/aromatic N) is 1. The molecule has 0 saturated carbocycles. The number of H-pyrrole nitrogens is 1. The molecule has 0 aliphatic carbocycles. The Morgan fingerprint density at radius 1 is 1.36 bits per heavy atom. The molecule has 0 aliphatic heterocycles. The number of nitrogens with one attached hydrogen (secondary N) is 2. The van der Waals surface area contributed by atoms with E-state index in [0.717, 1.165) is 0 Å². The SMILES string of the molecule is COC(=O)c1cc(-c2csc(NC(=O)Cc3cccc(F)c3)n2)c[nH]1. The van der Waals surface area contributed by atoms with E-state index in [0.29, 0.717) is 27.6 Å². The second-order valence-electron chi connectivity index (χ2n) is 5.19. The summed E-state index contributed by atoms with van der Waals surface area (Å²) in [6, 6.07) is 7.52. The van der Waals surface area contributed by atoms with Crippen molar-refractivity contribution in [1.82, 2.24) is 9.97 Å². The third-order valence-corrected chi connectivity index (χ3v) is 4.15. The highest BCUT2D eigenvalue weighted by Gasteiger charge is 2.13. The number of rotatable bonds is 5. The maximum absolute atomic E-state index is 13.1. The third-order valence-electron chi connectivity index (χ3n) is 3.39. The van der Waals surface area contributed by atoms with E-state index in [4.69, 9.17) is 0 Å². The zero-order valence-electron chi connectivity index (χ0n) is 13.2. The number of anilines is 1. The largest absolute Gasteiger partial charge is 0.464 e. The Hall–Kier alpha value is -3.00. The van der Waals surface area contributed by atoms with Gasteiger partial charge in [0.25, 0.3) is 0 Å². The molecule has 0 bridgehead atoms. The topological polar surface area (TPSA) is 84.1 Å². The molecule has 1 aromatic carbocycles. The van der Waals surface area contributed by atoms with Gasteiger partial charge in [-0.2, -0.15) is 0 Å². The van der Waals surface area contributed by atoms with Crippen molar-refractivity contribution in [3.8, 4) is 11.3 Å². The predicted molar refractivity (Wildman–Crippen MR) is 92.0 cm³/mol. The first-order valence-electron chi connectivity index (χ1n) is 7.32. The molecule has 3 rings (SSSR count). The summed E-state index contributed by atoms with van der Waals surface area (Å²) in [4.78, 5) is 30.6. The molecule has 3 aromatic rings. The molecule has 6 nitrogen and oxygen atoms in total. The summed E-state index contributed by atoms with van der Waals surface area (Å²) >= 11 is 1.26. The van der Waals surface area contributed by atoms with E-state index >= 15 is 0 Å². The number of benzene rings is 1. The number of carbonyl (C=O) groups excluding carboxylic acids is 2. The van der Waals surface area contributed by atoms with E-state index in [2.05, 4.69) is 20.0 Å². The molecule has 0 spiro atoms. The lowest BCUT2D eigenvalue weighted by molar-refractivity contribution is -0.115. The van der Waals surface area contributed by atoms with Crippen LogP contribution < -0.4 is 5.32 Å². The van der Waals surface area contributed by atoms with Crippen LogP contribution in [0.1, 0.15) is 16.1 Å². The van der Waals surface area contributed by atoms with E-state index < -0.39 is 5.97 Å². The first kappa shape index (κ1) is 16.8. The van der Waals surface area contributed by atoms with Crippen molar-refractivity contribution in [2.45, 2.75) is 6.42 Å². The van der Waals surface area contributed by atoms with Crippen LogP contribution in [0.2, 0.25) is 0 Å². The molecule has 25 heavy (non-hydrogen) atoms. The fourth-order valence-electron chi connectivity index (χ4n) is 2.23. The van der Waals surface area contributed by atoms with Gasteiger partial charge in [-0.25, -0.2) is 14.2 Å². The first-order valence-corrected chi connectivity index (χ1v) is 8.20. The van der Waals surface area contributed by atoms with Crippen molar-refractivity contribution in [3.05, 3.63) is 59.0 Å². The number of ether oxygens (including phenoxy) is 1. The normalized spacial score (nSPS) is 10.5. The Bertz CT molecular complexity index is 919. The summed E-state index contributed by atoms with van der Waals surface area (Å²) in [5.41, 5.74) is 2.24. The van der Waals surface area contributed by atoms with Gasteiger partial charge < -0.3 is 15.0 Å². The average Bonchev–Trinajstić information content (AvgIpc) is 3.23. The molecule has 2 aromatic heterocycles. The van der Waals surface area contributed by atoms with Crippen molar-refractivity contribution >= 4 is 28.3 Å². The van der Waals surface area contributed by atoms with E-state index in [1.807, 2.05) is 0 Å². The summed E-state index contributed by atoms with van der Waals surface area (Å²) in [5.74, 6) is -1.13. The molecule has 0 atom stereocenters. The molecule has 0 fully saturated rings. The highest BCUT2D eigenvalue weighted by Crippen LogP contribution is 2.25. The number of methoxy groups -OCH3 is 1. The summed E-state index contributed by atoms with van der Waals surface area (Å²) in [7, 11) is 1.30. The lowest BCUT2D eigenvalue weighted by Crippen LogP contribution is -2.14. The molecule has 0 radical (unpaired) electrons. The molecule has 0 aliphatic rings. The number of thiazole rings is 1. The van der Waals surface area contributed by atoms with E-state index in [1.165, 1.54) is 30.6 Å². The molecule has 1 amide bonds. The van der Waals surface area contributed by atoms with Crippen LogP contribution in [0.4, 0.5) is 9.52 Å². The van der Waals surface area contributed by atoms with Gasteiger partial charge in [0.2, 0.25) is 5.91 Å². The van der Waals surface area contributed by atoms with Crippen LogP contribution in [0.3, 0.4) is 0 Å². The van der Waals surface area contributed by atoms with Crippen LogP contribution in [0, 0.1) is 5.82 Å². The number of hydrogen-bond acceptors (Lipinski definition) is 5. The van der Waals surface area contributed by atoms with Gasteiger partial charge in [-0.3, -0.25) is 4.79 Å². The molecule has 2 N–H and O–H groups in total. The fraction of sp³-hybridized carbons (Fsp3) is 0.118. The van der Waals surface area contributed by atoms with Crippen molar-refractivity contribution in [3.63, 3.8) is 0 Å². The summed E-state index contributed by atoms with van der Waals surface area (Å²) < 4.78 is 17.8. The summed E-state index contributed by atoms with van der Waals surface area (Å²) in [5, 5.41) is 4.88. The van der Waals surface area contributed by atoms with Crippen molar-refractivity contribution in [1.29, 1.82) is 0 Å². The number of carbonyl (C=O) groups is 2. The zero-order valence-corrected chi connectivity index (χ0v) is 14.0. The van der Waals surface area contributed by atoms with E-state index in [-0.39, 0.29) is 18.1 Å². The molecule has 128 valence electrons. The highest BCUT2D eigenvalue weighted by atomic mass is 32.1.